The Morgan fingerprint density at radius 2 is 1.80 bits per heavy atom. The molecule has 0 aliphatic heterocycles. The predicted molar refractivity (Wildman–Crippen MR) is 78.8 cm³/mol. The summed E-state index contributed by atoms with van der Waals surface area (Å²) in [7, 11) is 3.34. The number of ether oxygens (including phenoxy) is 1. The Balaban J connectivity index is 2.78. The molecule has 0 aliphatic carbocycles. The van der Waals surface area contributed by atoms with Gasteiger partial charge in [0.15, 0.2) is 0 Å². The van der Waals surface area contributed by atoms with Gasteiger partial charge < -0.3 is 15.0 Å². The number of benzene rings is 1. The minimum atomic E-state index is -0.379. The smallest absolute Gasteiger partial charge is 0.255 e. The van der Waals surface area contributed by atoms with Crippen LogP contribution >= 0.6 is 0 Å². The van der Waals surface area contributed by atoms with Gasteiger partial charge in [0.1, 0.15) is 6.61 Å². The van der Waals surface area contributed by atoms with Gasteiger partial charge in [0, 0.05) is 14.1 Å². The maximum Gasteiger partial charge on any atom is 0.255 e. The molecule has 1 aromatic carbocycles. The number of carbonyl (C=O) groups excluding carboxylic acids is 2. The van der Waals surface area contributed by atoms with E-state index in [2.05, 4.69) is 5.32 Å². The maximum absolute atomic E-state index is 12.0. The van der Waals surface area contributed by atoms with E-state index in [1.165, 1.54) is 4.90 Å². The van der Waals surface area contributed by atoms with Gasteiger partial charge in [-0.2, -0.15) is 0 Å². The molecule has 0 unspecified atom stereocenters. The van der Waals surface area contributed by atoms with Gasteiger partial charge in [-0.05, 0) is 32.9 Å². The Kier molecular flexibility index (Phi) is 5.27. The molecule has 0 fully saturated rings. The minimum Gasteiger partial charge on any atom is -0.366 e. The van der Waals surface area contributed by atoms with Crippen molar-refractivity contribution in [2.75, 3.05) is 26.0 Å². The van der Waals surface area contributed by atoms with E-state index in [1.807, 2.05) is 20.8 Å². The molecule has 0 bridgehead atoms. The van der Waals surface area contributed by atoms with E-state index >= 15 is 0 Å². The molecule has 0 aromatic heterocycles. The summed E-state index contributed by atoms with van der Waals surface area (Å²) in [5, 5.41) is 2.71. The number of rotatable bonds is 4. The average molecular weight is 278 g/mol. The lowest BCUT2D eigenvalue weighted by Crippen LogP contribution is -2.28. The molecule has 110 valence electrons. The van der Waals surface area contributed by atoms with Crippen LogP contribution in [-0.4, -0.2) is 43.0 Å². The molecule has 0 spiro atoms. The fourth-order valence-corrected chi connectivity index (χ4v) is 1.49. The summed E-state index contributed by atoms with van der Waals surface area (Å²) in [5.41, 5.74) is 0.575. The van der Waals surface area contributed by atoms with Gasteiger partial charge in [0.05, 0.1) is 16.9 Å². The van der Waals surface area contributed by atoms with Crippen LogP contribution in [0.1, 0.15) is 31.1 Å². The maximum atomic E-state index is 12.0. The zero-order chi connectivity index (χ0) is 15.3. The third kappa shape index (κ3) is 5.01. The minimum absolute atomic E-state index is 0.0476. The molecule has 20 heavy (non-hydrogen) atoms. The number of nitrogens with one attached hydrogen (secondary N) is 1. The molecule has 1 aromatic rings. The summed E-state index contributed by atoms with van der Waals surface area (Å²) < 4.78 is 5.40. The van der Waals surface area contributed by atoms with Gasteiger partial charge >= 0.3 is 0 Å². The van der Waals surface area contributed by atoms with Crippen molar-refractivity contribution < 1.29 is 14.3 Å². The second kappa shape index (κ2) is 6.52. The number of amides is 2. The monoisotopic (exact) mass is 278 g/mol. The van der Waals surface area contributed by atoms with Crippen LogP contribution in [0, 0.1) is 0 Å². The normalized spacial score (nSPS) is 11.1. The van der Waals surface area contributed by atoms with E-state index in [0.29, 0.717) is 11.3 Å². The van der Waals surface area contributed by atoms with Crippen LogP contribution in [0.4, 0.5) is 5.69 Å². The molecule has 5 nitrogen and oxygen atoms in total. The third-order valence-corrected chi connectivity index (χ3v) is 2.47. The summed E-state index contributed by atoms with van der Waals surface area (Å²) in [6.07, 6.45) is 0. The summed E-state index contributed by atoms with van der Waals surface area (Å²) in [6, 6.07) is 6.92. The Bertz CT molecular complexity index is 490. The highest BCUT2D eigenvalue weighted by atomic mass is 16.5. The van der Waals surface area contributed by atoms with Crippen molar-refractivity contribution in [3.05, 3.63) is 29.8 Å². The molecule has 0 saturated carbocycles. The van der Waals surface area contributed by atoms with Gasteiger partial charge in [0.2, 0.25) is 5.91 Å². The Morgan fingerprint density at radius 1 is 1.20 bits per heavy atom. The van der Waals surface area contributed by atoms with Crippen LogP contribution in [0.5, 0.6) is 0 Å². The summed E-state index contributed by atoms with van der Waals surface area (Å²) in [5.74, 6) is -0.434. The van der Waals surface area contributed by atoms with Crippen LogP contribution in [0.25, 0.3) is 0 Å². The van der Waals surface area contributed by atoms with Crippen molar-refractivity contribution in [1.82, 2.24) is 4.90 Å². The van der Waals surface area contributed by atoms with Crippen molar-refractivity contribution in [1.29, 1.82) is 0 Å². The lowest BCUT2D eigenvalue weighted by Gasteiger charge is -2.19. The predicted octanol–water partition coefficient (Wildman–Crippen LogP) is 2.14. The molecular formula is C15H22N2O3. The van der Waals surface area contributed by atoms with Gasteiger partial charge in [-0.15, -0.1) is 0 Å². The lowest BCUT2D eigenvalue weighted by molar-refractivity contribution is -0.125. The van der Waals surface area contributed by atoms with Gasteiger partial charge in [-0.1, -0.05) is 12.1 Å². The third-order valence-electron chi connectivity index (χ3n) is 2.47. The second-order valence-corrected chi connectivity index (χ2v) is 5.69. The fourth-order valence-electron chi connectivity index (χ4n) is 1.49. The summed E-state index contributed by atoms with van der Waals surface area (Å²) in [6.45, 7) is 5.59. The molecule has 0 heterocycles. The Hall–Kier alpha value is -1.88. The van der Waals surface area contributed by atoms with E-state index in [-0.39, 0.29) is 24.0 Å². The quantitative estimate of drug-likeness (QED) is 0.918. The van der Waals surface area contributed by atoms with E-state index in [9.17, 15) is 9.59 Å². The highest BCUT2D eigenvalue weighted by Crippen LogP contribution is 2.16. The summed E-state index contributed by atoms with van der Waals surface area (Å²) >= 11 is 0. The lowest BCUT2D eigenvalue weighted by atomic mass is 10.1. The molecule has 1 rings (SSSR count). The topological polar surface area (TPSA) is 58.6 Å². The second-order valence-electron chi connectivity index (χ2n) is 5.69. The first-order valence-corrected chi connectivity index (χ1v) is 6.45. The van der Waals surface area contributed by atoms with Crippen LogP contribution in [0.2, 0.25) is 0 Å². The van der Waals surface area contributed by atoms with Crippen molar-refractivity contribution in [2.24, 2.45) is 0 Å². The van der Waals surface area contributed by atoms with Crippen LogP contribution in [0.3, 0.4) is 0 Å². The number of hydrogen-bond donors (Lipinski definition) is 1. The molecule has 1 N–H and O–H groups in total. The fraction of sp³-hybridized carbons (Fsp3) is 0.467. The number of anilines is 1. The molecule has 5 heteroatoms. The Morgan fingerprint density at radius 3 is 2.35 bits per heavy atom. The molecule has 0 aliphatic rings. The molecule has 0 radical (unpaired) electrons. The SMILES string of the molecule is CN(C)C(=O)c1ccccc1NC(=O)COC(C)(C)C. The zero-order valence-electron chi connectivity index (χ0n) is 12.7. The molecule has 0 atom stereocenters. The van der Waals surface area contributed by atoms with Crippen molar-refractivity contribution >= 4 is 17.5 Å². The zero-order valence-corrected chi connectivity index (χ0v) is 12.7. The Labute approximate surface area is 119 Å². The summed E-state index contributed by atoms with van der Waals surface area (Å²) in [4.78, 5) is 25.3. The van der Waals surface area contributed by atoms with E-state index in [0.717, 1.165) is 0 Å². The van der Waals surface area contributed by atoms with E-state index in [4.69, 9.17) is 4.74 Å². The van der Waals surface area contributed by atoms with E-state index < -0.39 is 0 Å². The first kappa shape index (κ1) is 16.2. The highest BCUT2D eigenvalue weighted by molar-refractivity contribution is 6.03. The van der Waals surface area contributed by atoms with Crippen LogP contribution < -0.4 is 5.32 Å². The van der Waals surface area contributed by atoms with Crippen molar-refractivity contribution in [2.45, 2.75) is 26.4 Å². The van der Waals surface area contributed by atoms with Crippen molar-refractivity contribution in [3.8, 4) is 0 Å². The average Bonchev–Trinajstić information content (AvgIpc) is 2.35. The largest absolute Gasteiger partial charge is 0.366 e. The molecular weight excluding hydrogens is 256 g/mol. The molecule has 2 amide bonds. The number of carbonyl (C=O) groups is 2. The van der Waals surface area contributed by atoms with Crippen LogP contribution in [-0.2, 0) is 9.53 Å². The molecule has 0 saturated heterocycles. The van der Waals surface area contributed by atoms with Crippen molar-refractivity contribution in [3.63, 3.8) is 0 Å². The van der Waals surface area contributed by atoms with E-state index in [1.54, 1.807) is 38.4 Å². The first-order valence-electron chi connectivity index (χ1n) is 6.45. The van der Waals surface area contributed by atoms with Crippen LogP contribution in [0.15, 0.2) is 24.3 Å². The standard InChI is InChI=1S/C15H22N2O3/c1-15(2,3)20-10-13(18)16-12-9-7-6-8-11(12)14(19)17(4)5/h6-9H,10H2,1-5H3,(H,16,18). The van der Waals surface area contributed by atoms with Gasteiger partial charge in [-0.3, -0.25) is 9.59 Å². The highest BCUT2D eigenvalue weighted by Gasteiger charge is 2.16. The van der Waals surface area contributed by atoms with Gasteiger partial charge in [0.25, 0.3) is 5.91 Å². The number of hydrogen-bond acceptors (Lipinski definition) is 3. The first-order chi connectivity index (χ1) is 9.20. The number of para-hydroxylation sites is 1. The van der Waals surface area contributed by atoms with Gasteiger partial charge in [-0.25, -0.2) is 0 Å². The number of nitrogens with zero attached hydrogens (tertiary/aromatic N) is 1.